The Labute approximate surface area is 485 Å². The van der Waals surface area contributed by atoms with Crippen LogP contribution in [0.5, 0.6) is 23.5 Å². The number of nitrogens with one attached hydrogen (secondary N) is 3. The average Bonchev–Trinajstić information content (AvgIpc) is 3.74. The molecule has 0 aliphatic carbocycles. The van der Waals surface area contributed by atoms with E-state index in [4.69, 9.17) is 14.6 Å². The minimum atomic E-state index is -1.42. The van der Waals surface area contributed by atoms with Crippen LogP contribution in [0.3, 0.4) is 0 Å². The van der Waals surface area contributed by atoms with Crippen LogP contribution in [0.4, 0.5) is 29.2 Å². The van der Waals surface area contributed by atoms with Gasteiger partial charge in [-0.15, -0.1) is 12.4 Å². The molecule has 428 valence electrons. The molecule has 0 spiro atoms. The lowest BCUT2D eigenvalue weighted by Gasteiger charge is -2.23. The number of nitrogens with zero attached hydrogens (tertiary/aromatic N) is 11. The Bertz CT molecular complexity index is 3710. The van der Waals surface area contributed by atoms with E-state index < -0.39 is 53.8 Å². The number of Topliss-reactive ketones (excluding diaryl/α,β-unsaturated/α-hetero) is 2. The zero-order valence-electron chi connectivity index (χ0n) is 43.4. The summed E-state index contributed by atoms with van der Waals surface area (Å²) in [5, 5.41) is 26.1. The van der Waals surface area contributed by atoms with Crippen molar-refractivity contribution >= 4 is 113 Å². The Hall–Kier alpha value is -8.41. The molecule has 4 N–H and O–H groups in total. The number of carbonyl (C=O) groups is 6. The molecule has 0 bridgehead atoms. The van der Waals surface area contributed by atoms with Crippen molar-refractivity contribution < 1.29 is 60.9 Å². The normalized spacial score (nSPS) is 16.2. The topological polar surface area (TPSA) is 293 Å². The van der Waals surface area contributed by atoms with Crippen LogP contribution in [0, 0.1) is 25.5 Å². The predicted octanol–water partition coefficient (Wildman–Crippen LogP) is 8.26. The van der Waals surface area contributed by atoms with Crippen molar-refractivity contribution in [3.05, 3.63) is 129 Å². The summed E-state index contributed by atoms with van der Waals surface area (Å²) in [6.45, 7) is 5.66. The highest BCUT2D eigenvalue weighted by atomic mass is 79.9. The van der Waals surface area contributed by atoms with Crippen LogP contribution in [0.25, 0.3) is 21.8 Å². The number of aromatic nitrogens is 10. The Morgan fingerprint density at radius 2 is 1.13 bits per heavy atom. The minimum absolute atomic E-state index is 0. The van der Waals surface area contributed by atoms with Crippen molar-refractivity contribution in [2.75, 3.05) is 23.7 Å². The van der Waals surface area contributed by atoms with E-state index in [9.17, 15) is 46.3 Å². The summed E-state index contributed by atoms with van der Waals surface area (Å²) in [4.78, 5) is 98.1. The van der Waals surface area contributed by atoms with Crippen LogP contribution in [-0.4, -0.2) is 132 Å². The van der Waals surface area contributed by atoms with Gasteiger partial charge in [0.2, 0.25) is 17.7 Å². The summed E-state index contributed by atoms with van der Waals surface area (Å²) < 4.78 is 67.5. The maximum atomic E-state index is 14.4. The van der Waals surface area contributed by atoms with Gasteiger partial charge in [0.1, 0.15) is 75.2 Å². The number of aryl methyl sites for hydroxylation is 2. The lowest BCUT2D eigenvalue weighted by Crippen LogP contribution is -2.44. The molecule has 4 atom stereocenters. The van der Waals surface area contributed by atoms with Gasteiger partial charge < -0.3 is 35.4 Å². The number of anilines is 2. The van der Waals surface area contributed by atoms with Crippen molar-refractivity contribution in [1.29, 1.82) is 0 Å². The summed E-state index contributed by atoms with van der Waals surface area (Å²) in [5.74, 6) is -3.27. The van der Waals surface area contributed by atoms with Gasteiger partial charge in [-0.05, 0) is 117 Å². The van der Waals surface area contributed by atoms with E-state index in [0.29, 0.717) is 33.3 Å². The van der Waals surface area contributed by atoms with Crippen LogP contribution in [0.15, 0.2) is 94.7 Å². The first-order valence-electron chi connectivity index (χ1n) is 24.3. The van der Waals surface area contributed by atoms with Gasteiger partial charge in [-0.2, -0.15) is 10.2 Å². The molecule has 3 amide bonds. The first kappa shape index (κ1) is 61.2. The van der Waals surface area contributed by atoms with Gasteiger partial charge in [0.05, 0.1) is 23.6 Å². The zero-order valence-corrected chi connectivity index (χ0v) is 47.4. The van der Waals surface area contributed by atoms with Gasteiger partial charge in [0.15, 0.2) is 23.2 Å². The second-order valence-corrected chi connectivity index (χ2v) is 19.8. The lowest BCUT2D eigenvalue weighted by atomic mass is 10.1. The first-order valence-corrected chi connectivity index (χ1v) is 25.9. The van der Waals surface area contributed by atoms with Gasteiger partial charge in [-0.25, -0.2) is 47.5 Å². The molecule has 8 heterocycles. The smallest absolute Gasteiger partial charge is 0.325 e. The molecule has 23 nitrogen and oxygen atoms in total. The SMILES string of the molecule is CC(=O)c1nn(CC(=O)N2C[C@H](F)C[C@H]2C(=O)Nc2ccc(F)c(Br)n2)c2ccc(Oc3ncc(C)cn3)cc12.CC(=O)c1nn(CC(=O)O)c2ccc(Oc3ncc(C)cn3)cc12.Cl.O=C(Nc1ccc(F)c(Br)n1)[C@@H]1C[C@@H](F)CN1. The fraction of sp³-hybridized carbons (Fsp3) is 0.269. The predicted molar refractivity (Wildman–Crippen MR) is 295 cm³/mol. The fourth-order valence-electron chi connectivity index (χ4n) is 8.23. The number of halogens is 7. The number of carbonyl (C=O) groups excluding carboxylic acids is 5. The van der Waals surface area contributed by atoms with Gasteiger partial charge in [0, 0.05) is 68.8 Å². The molecule has 2 aromatic carbocycles. The van der Waals surface area contributed by atoms with E-state index in [1.165, 1.54) is 41.4 Å². The Morgan fingerprint density at radius 1 is 0.671 bits per heavy atom. The fourth-order valence-corrected chi connectivity index (χ4v) is 8.87. The van der Waals surface area contributed by atoms with Crippen molar-refractivity contribution in [2.24, 2.45) is 0 Å². The van der Waals surface area contributed by atoms with Crippen LogP contribution in [0.2, 0.25) is 0 Å². The summed E-state index contributed by atoms with van der Waals surface area (Å²) in [6.07, 6.45) is 3.99. The second-order valence-electron chi connectivity index (χ2n) is 18.3. The number of benzene rings is 2. The van der Waals surface area contributed by atoms with E-state index in [2.05, 4.69) is 87.9 Å². The number of ether oxygens (including phenoxy) is 2. The summed E-state index contributed by atoms with van der Waals surface area (Å²) >= 11 is 5.86. The standard InChI is InChI=1S/C26H22BrF2N7O4.C16H14N4O4.C10H10BrF2N3O.ClH/c1-13-9-30-26(31-10-13)40-16-3-5-19-17(8-16)23(14(2)37)34-36(19)12-22(38)35-11-15(28)7-20(35)25(39)33-21-6-4-18(29)24(27)32-21;1-9-6-17-16(18-7-9)24-11-3-4-13-12(5-11)15(10(2)21)19-20(13)8-14(22)23;11-9-6(13)1-2-8(15-9)16-10(17)7-3-5(12)4-14-7;/h3-6,8-10,15,20H,7,11-12H2,1-2H3,(H,32,33,39);3-7H,8H2,1-2H3,(H,22,23);1-2,5,7,14H,3-4H2,(H,15,16,17);1H/t15-,20+;;5-,7+;/m1.1./s1. The van der Waals surface area contributed by atoms with E-state index >= 15 is 0 Å². The molecule has 6 aromatic heterocycles. The van der Waals surface area contributed by atoms with Crippen LogP contribution >= 0.6 is 44.3 Å². The molecule has 0 unspecified atom stereocenters. The molecule has 10 rings (SSSR count). The largest absolute Gasteiger partial charge is 0.480 e. The molecule has 2 saturated heterocycles. The Morgan fingerprint density at radius 3 is 1.56 bits per heavy atom. The number of carboxylic acids is 1. The molecule has 30 heteroatoms. The number of aliphatic carboxylic acids is 1. The average molecular weight is 1280 g/mol. The highest BCUT2D eigenvalue weighted by Gasteiger charge is 2.40. The van der Waals surface area contributed by atoms with Crippen molar-refractivity contribution in [2.45, 2.75) is 78.1 Å². The number of likely N-dealkylation sites (tertiary alicyclic amines) is 1. The zero-order chi connectivity index (χ0) is 58.2. The number of hydrogen-bond donors (Lipinski definition) is 4. The van der Waals surface area contributed by atoms with E-state index in [-0.39, 0.29) is 113 Å². The van der Waals surface area contributed by atoms with E-state index in [0.717, 1.165) is 22.1 Å². The number of rotatable bonds is 14. The molecule has 2 aliphatic heterocycles. The molecule has 2 aliphatic rings. The van der Waals surface area contributed by atoms with Crippen LogP contribution in [0.1, 0.15) is 58.8 Å². The summed E-state index contributed by atoms with van der Waals surface area (Å²) in [7, 11) is 0. The van der Waals surface area contributed by atoms with Crippen molar-refractivity contribution in [1.82, 2.24) is 59.7 Å². The molecule has 0 radical (unpaired) electrons. The van der Waals surface area contributed by atoms with Gasteiger partial charge in [-0.3, -0.25) is 38.1 Å². The van der Waals surface area contributed by atoms with E-state index in [1.807, 2.05) is 13.8 Å². The monoisotopic (exact) mass is 1280 g/mol. The number of ketones is 2. The van der Waals surface area contributed by atoms with Crippen molar-refractivity contribution in [3.63, 3.8) is 0 Å². The maximum absolute atomic E-state index is 14.4. The molecular formula is C52H47Br2ClF4N14O9. The number of alkyl halides is 2. The van der Waals surface area contributed by atoms with Crippen LogP contribution in [-0.2, 0) is 32.3 Å². The lowest BCUT2D eigenvalue weighted by molar-refractivity contribution is -0.138. The molecular weight excluding hydrogens is 1240 g/mol. The summed E-state index contributed by atoms with van der Waals surface area (Å²) in [5.41, 5.74) is 3.09. The number of amides is 3. The number of hydrogen-bond acceptors (Lipinski definition) is 17. The third kappa shape index (κ3) is 15.3. The van der Waals surface area contributed by atoms with Gasteiger partial charge in [0.25, 0.3) is 0 Å². The third-order valence-electron chi connectivity index (χ3n) is 12.0. The summed E-state index contributed by atoms with van der Waals surface area (Å²) in [6, 6.07) is 13.3. The maximum Gasteiger partial charge on any atom is 0.325 e. The highest BCUT2D eigenvalue weighted by molar-refractivity contribution is 9.10. The molecule has 82 heavy (non-hydrogen) atoms. The Balaban J connectivity index is 0.000000195. The molecule has 8 aromatic rings. The second kappa shape index (κ2) is 26.9. The quantitative estimate of drug-likeness (QED) is 0.0452. The van der Waals surface area contributed by atoms with Gasteiger partial charge >= 0.3 is 18.0 Å². The van der Waals surface area contributed by atoms with Crippen molar-refractivity contribution in [3.8, 4) is 23.5 Å². The minimum Gasteiger partial charge on any atom is -0.480 e. The molecule has 0 saturated carbocycles. The Kier molecular flexibility index (Phi) is 20.1. The van der Waals surface area contributed by atoms with E-state index in [1.54, 1.807) is 61.2 Å². The van der Waals surface area contributed by atoms with Gasteiger partial charge in [-0.1, -0.05) is 0 Å². The number of pyridine rings is 2. The van der Waals surface area contributed by atoms with Crippen LogP contribution < -0.4 is 25.4 Å². The first-order chi connectivity index (χ1) is 38.6. The number of carboxylic acid groups (broad SMARTS) is 1. The third-order valence-corrected chi connectivity index (χ3v) is 13.1. The highest BCUT2D eigenvalue weighted by Crippen LogP contribution is 2.30. The number of fused-ring (bicyclic) bond motifs is 2. The molecule has 2 fully saturated rings.